The summed E-state index contributed by atoms with van der Waals surface area (Å²) in [6.45, 7) is 2.42. The Labute approximate surface area is 141 Å². The van der Waals surface area contributed by atoms with Gasteiger partial charge >= 0.3 is 6.09 Å². The lowest BCUT2D eigenvalue weighted by Crippen LogP contribution is -3.00. The number of benzene rings is 1. The minimum Gasteiger partial charge on any atom is -1.00 e. The van der Waals surface area contributed by atoms with Gasteiger partial charge in [-0.15, -0.1) is 0 Å². The highest BCUT2D eigenvalue weighted by atomic mass is 79.9. The third kappa shape index (κ3) is 6.08. The molecule has 116 valence electrons. The smallest absolute Gasteiger partial charge is 0.411 e. The average Bonchev–Trinajstić information content (AvgIpc) is 2.40. The Morgan fingerprint density at radius 1 is 1.33 bits per heavy atom. The van der Waals surface area contributed by atoms with Crippen molar-refractivity contribution >= 4 is 23.4 Å². The number of hydrogen-bond donors (Lipinski definition) is 1. The van der Waals surface area contributed by atoms with Crippen molar-refractivity contribution in [1.82, 2.24) is 0 Å². The molecule has 1 aliphatic rings. The van der Waals surface area contributed by atoms with Gasteiger partial charge < -0.3 is 26.2 Å². The molecule has 21 heavy (non-hydrogen) atoms. The summed E-state index contributed by atoms with van der Waals surface area (Å²) in [6.07, 6.45) is 2.70. The van der Waals surface area contributed by atoms with Crippen LogP contribution in [0.5, 0.6) is 0 Å². The first kappa shape index (κ1) is 18.0. The van der Waals surface area contributed by atoms with E-state index in [1.165, 1.54) is 5.57 Å². The van der Waals surface area contributed by atoms with Crippen molar-refractivity contribution in [3.8, 4) is 0 Å². The molecule has 6 heteroatoms. The Bertz CT molecular complexity index is 515. The van der Waals surface area contributed by atoms with E-state index < -0.39 is 6.09 Å². The van der Waals surface area contributed by atoms with E-state index in [2.05, 4.69) is 25.5 Å². The number of amides is 1. The molecule has 0 aromatic heterocycles. The maximum Gasteiger partial charge on any atom is 0.411 e. The summed E-state index contributed by atoms with van der Waals surface area (Å²) in [6, 6.07) is 6.93. The lowest BCUT2D eigenvalue weighted by molar-refractivity contribution is -0.886. The predicted molar refractivity (Wildman–Crippen MR) is 81.0 cm³/mol. The fourth-order valence-corrected chi connectivity index (χ4v) is 2.12. The van der Waals surface area contributed by atoms with E-state index in [-0.39, 0.29) is 17.0 Å². The van der Waals surface area contributed by atoms with E-state index in [9.17, 15) is 4.79 Å². The van der Waals surface area contributed by atoms with E-state index in [0.717, 1.165) is 24.0 Å². The molecule has 0 spiro atoms. The number of rotatable bonds is 3. The van der Waals surface area contributed by atoms with Crippen LogP contribution in [-0.4, -0.2) is 44.4 Å². The van der Waals surface area contributed by atoms with Crippen molar-refractivity contribution in [3.63, 3.8) is 0 Å². The predicted octanol–water partition coefficient (Wildman–Crippen LogP) is 0.299. The number of carbonyl (C=O) groups is 1. The molecule has 1 amide bonds. The molecule has 2 rings (SSSR count). The minimum absolute atomic E-state index is 0. The van der Waals surface area contributed by atoms with E-state index >= 15 is 0 Å². The van der Waals surface area contributed by atoms with Crippen LogP contribution >= 0.6 is 11.6 Å². The summed E-state index contributed by atoms with van der Waals surface area (Å²) >= 11 is 5.78. The molecule has 1 N–H and O–H groups in total. The third-order valence-corrected chi connectivity index (χ3v) is 3.64. The SMILES string of the molecule is C[N+]1(C)CC=C(COC(=O)Nc2ccc(Cl)cc2)CC1.[Br-]. The fraction of sp³-hybridized carbons (Fsp3) is 0.400. The van der Waals surface area contributed by atoms with Gasteiger partial charge in [-0.1, -0.05) is 11.6 Å². The first-order chi connectivity index (χ1) is 9.44. The number of carbonyl (C=O) groups excluding carboxylic acids is 1. The van der Waals surface area contributed by atoms with Crippen LogP contribution in [0.25, 0.3) is 0 Å². The molecule has 0 saturated heterocycles. The van der Waals surface area contributed by atoms with Crippen molar-refractivity contribution in [3.05, 3.63) is 40.9 Å². The zero-order valence-electron chi connectivity index (χ0n) is 12.2. The summed E-state index contributed by atoms with van der Waals surface area (Å²) in [5.41, 5.74) is 1.86. The van der Waals surface area contributed by atoms with Gasteiger partial charge in [-0.05, 0) is 35.9 Å². The number of nitrogens with one attached hydrogen (secondary N) is 1. The molecule has 0 atom stereocenters. The quantitative estimate of drug-likeness (QED) is 0.609. The molecule has 0 unspecified atom stereocenters. The largest absolute Gasteiger partial charge is 1.00 e. The third-order valence-electron chi connectivity index (χ3n) is 3.39. The Morgan fingerprint density at radius 3 is 2.57 bits per heavy atom. The second kappa shape index (κ2) is 7.82. The maximum atomic E-state index is 11.7. The molecular formula is C15H20BrClN2O2. The van der Waals surface area contributed by atoms with Gasteiger partial charge in [-0.2, -0.15) is 0 Å². The van der Waals surface area contributed by atoms with Gasteiger partial charge in [-0.25, -0.2) is 4.79 Å². The lowest BCUT2D eigenvalue weighted by Gasteiger charge is -2.32. The Morgan fingerprint density at radius 2 is 2.00 bits per heavy atom. The molecule has 1 aromatic rings. The molecular weight excluding hydrogens is 356 g/mol. The highest BCUT2D eigenvalue weighted by molar-refractivity contribution is 6.30. The Balaban J connectivity index is 0.00000220. The van der Waals surface area contributed by atoms with Crippen LogP contribution in [0, 0.1) is 0 Å². The van der Waals surface area contributed by atoms with Crippen LogP contribution in [0.4, 0.5) is 10.5 Å². The number of hydrogen-bond acceptors (Lipinski definition) is 2. The topological polar surface area (TPSA) is 38.3 Å². The second-order valence-electron chi connectivity index (χ2n) is 5.66. The van der Waals surface area contributed by atoms with E-state index in [4.69, 9.17) is 16.3 Å². The highest BCUT2D eigenvalue weighted by Gasteiger charge is 2.20. The summed E-state index contributed by atoms with van der Waals surface area (Å²) in [5, 5.41) is 3.31. The molecule has 4 nitrogen and oxygen atoms in total. The highest BCUT2D eigenvalue weighted by Crippen LogP contribution is 2.16. The van der Waals surface area contributed by atoms with Crippen molar-refractivity contribution in [1.29, 1.82) is 0 Å². The van der Waals surface area contributed by atoms with Crippen molar-refractivity contribution in [2.75, 3.05) is 39.1 Å². The van der Waals surface area contributed by atoms with Crippen molar-refractivity contribution in [2.45, 2.75) is 6.42 Å². The van der Waals surface area contributed by atoms with Gasteiger partial charge in [0, 0.05) is 17.1 Å². The molecule has 1 heterocycles. The van der Waals surface area contributed by atoms with E-state index in [0.29, 0.717) is 17.3 Å². The lowest BCUT2D eigenvalue weighted by atomic mass is 10.1. The van der Waals surface area contributed by atoms with Crippen LogP contribution in [-0.2, 0) is 4.74 Å². The minimum atomic E-state index is -0.437. The summed E-state index contributed by atoms with van der Waals surface area (Å²) < 4.78 is 6.21. The molecule has 1 aromatic carbocycles. The molecule has 0 saturated carbocycles. The average molecular weight is 376 g/mol. The monoisotopic (exact) mass is 374 g/mol. The number of ether oxygens (including phenoxy) is 1. The van der Waals surface area contributed by atoms with Crippen LogP contribution in [0.2, 0.25) is 5.02 Å². The van der Waals surface area contributed by atoms with E-state index in [1.807, 2.05) is 0 Å². The number of nitrogens with zero attached hydrogens (tertiary/aromatic N) is 1. The Kier molecular flexibility index (Phi) is 6.71. The van der Waals surface area contributed by atoms with E-state index in [1.54, 1.807) is 24.3 Å². The zero-order chi connectivity index (χ0) is 14.6. The number of quaternary nitrogens is 1. The van der Waals surface area contributed by atoms with Gasteiger partial charge in [0.05, 0.1) is 27.2 Å². The number of likely N-dealkylation sites (N-methyl/N-ethyl adjacent to an activating group) is 1. The van der Waals surface area contributed by atoms with Crippen LogP contribution < -0.4 is 22.3 Å². The fourth-order valence-electron chi connectivity index (χ4n) is 1.99. The Hall–Kier alpha value is -1.04. The van der Waals surface area contributed by atoms with Gasteiger partial charge in [-0.3, -0.25) is 5.32 Å². The molecule has 0 bridgehead atoms. The zero-order valence-corrected chi connectivity index (χ0v) is 14.6. The first-order valence-corrected chi connectivity index (χ1v) is 7.02. The number of anilines is 1. The maximum absolute atomic E-state index is 11.7. The van der Waals surface area contributed by atoms with Crippen LogP contribution in [0.3, 0.4) is 0 Å². The normalized spacial score (nSPS) is 16.4. The summed E-state index contributed by atoms with van der Waals surface area (Å²) in [7, 11) is 4.39. The summed E-state index contributed by atoms with van der Waals surface area (Å²) in [4.78, 5) is 11.7. The molecule has 1 aliphatic heterocycles. The standard InChI is InChI=1S/C15H19ClN2O2.BrH/c1-18(2)9-7-12(8-10-18)11-20-15(19)17-14-5-3-13(16)4-6-14;/h3-7H,8-11H2,1-2H3;1H. The molecule has 0 radical (unpaired) electrons. The van der Waals surface area contributed by atoms with Gasteiger partial charge in [0.1, 0.15) is 6.61 Å². The van der Waals surface area contributed by atoms with Crippen molar-refractivity contribution < 1.29 is 31.0 Å². The molecule has 0 aliphatic carbocycles. The van der Waals surface area contributed by atoms with Crippen LogP contribution in [0.15, 0.2) is 35.9 Å². The first-order valence-electron chi connectivity index (χ1n) is 6.64. The van der Waals surface area contributed by atoms with Gasteiger partial charge in [0.15, 0.2) is 0 Å². The van der Waals surface area contributed by atoms with Crippen LogP contribution in [0.1, 0.15) is 6.42 Å². The number of halogens is 2. The van der Waals surface area contributed by atoms with Gasteiger partial charge in [0.2, 0.25) is 0 Å². The van der Waals surface area contributed by atoms with Gasteiger partial charge in [0.25, 0.3) is 0 Å². The second-order valence-corrected chi connectivity index (χ2v) is 6.10. The van der Waals surface area contributed by atoms with Crippen molar-refractivity contribution in [2.24, 2.45) is 0 Å². The molecule has 0 fully saturated rings. The summed E-state index contributed by atoms with van der Waals surface area (Å²) in [5.74, 6) is 0.